The summed E-state index contributed by atoms with van der Waals surface area (Å²) in [6, 6.07) is 16.1. The van der Waals surface area contributed by atoms with Gasteiger partial charge >= 0.3 is 0 Å². The van der Waals surface area contributed by atoms with Crippen LogP contribution in [0.1, 0.15) is 33.0 Å². The van der Waals surface area contributed by atoms with Crippen molar-refractivity contribution in [3.63, 3.8) is 0 Å². The van der Waals surface area contributed by atoms with Crippen molar-refractivity contribution in [1.82, 2.24) is 19.9 Å². The standard InChI is InChI=1S/C24H24N4OS/c1-16-7-9-19(10-8-16)24-27-20(15-30-24)11-13-26-23(29)21-14-17(2)28(18(21)3)22-6-4-5-12-25-22/h4-10,12,14-15H,11,13H2,1-3H3,(H,26,29). The van der Waals surface area contributed by atoms with Gasteiger partial charge in [0, 0.05) is 41.5 Å². The fraction of sp³-hybridized carbons (Fsp3) is 0.208. The Kier molecular flexibility index (Phi) is 5.77. The molecule has 0 saturated heterocycles. The van der Waals surface area contributed by atoms with E-state index in [1.807, 2.05) is 42.7 Å². The van der Waals surface area contributed by atoms with Crippen LogP contribution in [0, 0.1) is 20.8 Å². The van der Waals surface area contributed by atoms with Gasteiger partial charge < -0.3 is 9.88 Å². The summed E-state index contributed by atoms with van der Waals surface area (Å²) in [5, 5.41) is 6.10. The van der Waals surface area contributed by atoms with E-state index in [4.69, 9.17) is 4.98 Å². The number of aromatic nitrogens is 3. The molecule has 1 amide bonds. The SMILES string of the molecule is Cc1ccc(-c2nc(CCNC(=O)c3cc(C)n(-c4ccccn4)c3C)cs2)cc1. The molecule has 1 aromatic carbocycles. The number of nitrogens with one attached hydrogen (secondary N) is 1. The number of aryl methyl sites for hydroxylation is 2. The Morgan fingerprint density at radius 2 is 1.90 bits per heavy atom. The average Bonchev–Trinajstić information content (AvgIpc) is 3.33. The van der Waals surface area contributed by atoms with Crippen LogP contribution in [0.5, 0.6) is 0 Å². The number of rotatable bonds is 6. The highest BCUT2D eigenvalue weighted by Gasteiger charge is 2.17. The fourth-order valence-corrected chi connectivity index (χ4v) is 4.34. The largest absolute Gasteiger partial charge is 0.352 e. The maximum absolute atomic E-state index is 12.7. The Hall–Kier alpha value is -3.25. The lowest BCUT2D eigenvalue weighted by molar-refractivity contribution is 0.0953. The Morgan fingerprint density at radius 3 is 2.63 bits per heavy atom. The Bertz CT molecular complexity index is 1160. The van der Waals surface area contributed by atoms with Crippen molar-refractivity contribution >= 4 is 17.2 Å². The van der Waals surface area contributed by atoms with Crippen LogP contribution < -0.4 is 5.32 Å². The third kappa shape index (κ3) is 4.19. The van der Waals surface area contributed by atoms with Crippen molar-refractivity contribution in [2.45, 2.75) is 27.2 Å². The molecule has 30 heavy (non-hydrogen) atoms. The molecule has 3 aromatic heterocycles. The zero-order valence-electron chi connectivity index (χ0n) is 17.3. The molecule has 0 bridgehead atoms. The summed E-state index contributed by atoms with van der Waals surface area (Å²) in [5.41, 5.74) is 5.91. The highest BCUT2D eigenvalue weighted by molar-refractivity contribution is 7.13. The minimum absolute atomic E-state index is 0.0701. The number of benzene rings is 1. The van der Waals surface area contributed by atoms with Gasteiger partial charge in [0.1, 0.15) is 10.8 Å². The van der Waals surface area contributed by atoms with Gasteiger partial charge in [0.25, 0.3) is 5.91 Å². The van der Waals surface area contributed by atoms with Gasteiger partial charge in [-0.2, -0.15) is 0 Å². The Morgan fingerprint density at radius 1 is 1.10 bits per heavy atom. The second-order valence-electron chi connectivity index (χ2n) is 7.32. The van der Waals surface area contributed by atoms with Crippen LogP contribution in [0.2, 0.25) is 0 Å². The minimum Gasteiger partial charge on any atom is -0.352 e. The van der Waals surface area contributed by atoms with Crippen molar-refractivity contribution in [3.05, 3.63) is 88.3 Å². The highest BCUT2D eigenvalue weighted by atomic mass is 32.1. The zero-order chi connectivity index (χ0) is 21.1. The molecule has 0 unspecified atom stereocenters. The smallest absolute Gasteiger partial charge is 0.253 e. The zero-order valence-corrected chi connectivity index (χ0v) is 18.2. The van der Waals surface area contributed by atoms with Gasteiger partial charge in [-0.15, -0.1) is 11.3 Å². The van der Waals surface area contributed by atoms with Crippen molar-refractivity contribution in [3.8, 4) is 16.4 Å². The molecule has 0 aliphatic rings. The quantitative estimate of drug-likeness (QED) is 0.487. The normalized spacial score (nSPS) is 10.9. The number of nitrogens with zero attached hydrogens (tertiary/aromatic N) is 3. The lowest BCUT2D eigenvalue weighted by Gasteiger charge is -2.08. The summed E-state index contributed by atoms with van der Waals surface area (Å²) >= 11 is 1.63. The predicted molar refractivity (Wildman–Crippen MR) is 121 cm³/mol. The van der Waals surface area contributed by atoms with E-state index in [1.165, 1.54) is 5.56 Å². The van der Waals surface area contributed by atoms with Crippen LogP contribution in [0.15, 0.2) is 60.1 Å². The van der Waals surface area contributed by atoms with Crippen LogP contribution in [0.4, 0.5) is 0 Å². The highest BCUT2D eigenvalue weighted by Crippen LogP contribution is 2.24. The van der Waals surface area contributed by atoms with Crippen LogP contribution in [0.25, 0.3) is 16.4 Å². The predicted octanol–water partition coefficient (Wildman–Crippen LogP) is 4.89. The van der Waals surface area contributed by atoms with Crippen molar-refractivity contribution in [2.24, 2.45) is 0 Å². The summed E-state index contributed by atoms with van der Waals surface area (Å²) in [7, 11) is 0. The molecule has 0 fully saturated rings. The molecule has 6 heteroatoms. The fourth-order valence-electron chi connectivity index (χ4n) is 3.48. The number of pyridine rings is 1. The molecule has 152 valence electrons. The van der Waals surface area contributed by atoms with Gasteiger partial charge in [0.15, 0.2) is 0 Å². The second-order valence-corrected chi connectivity index (χ2v) is 8.18. The molecule has 0 saturated carbocycles. The second kappa shape index (κ2) is 8.63. The van der Waals surface area contributed by atoms with Crippen molar-refractivity contribution in [1.29, 1.82) is 0 Å². The number of hydrogen-bond acceptors (Lipinski definition) is 4. The topological polar surface area (TPSA) is 59.8 Å². The Labute approximate surface area is 180 Å². The first-order valence-corrected chi connectivity index (χ1v) is 10.8. The van der Waals surface area contributed by atoms with E-state index in [2.05, 4.69) is 46.9 Å². The van der Waals surface area contributed by atoms with Crippen LogP contribution in [0.3, 0.4) is 0 Å². The molecule has 3 heterocycles. The van der Waals surface area contributed by atoms with Gasteiger partial charge in [-0.05, 0) is 39.0 Å². The number of amides is 1. The van der Waals surface area contributed by atoms with Crippen LogP contribution in [-0.4, -0.2) is 27.0 Å². The third-order valence-electron chi connectivity index (χ3n) is 5.07. The number of thiazole rings is 1. The molecule has 1 N–H and O–H groups in total. The van der Waals surface area contributed by atoms with Gasteiger partial charge in [-0.25, -0.2) is 9.97 Å². The molecular weight excluding hydrogens is 392 g/mol. The van der Waals surface area contributed by atoms with E-state index in [9.17, 15) is 4.79 Å². The maximum Gasteiger partial charge on any atom is 0.253 e. The third-order valence-corrected chi connectivity index (χ3v) is 6.01. The lowest BCUT2D eigenvalue weighted by atomic mass is 10.2. The van der Waals surface area contributed by atoms with Crippen LogP contribution >= 0.6 is 11.3 Å². The molecule has 0 aliphatic heterocycles. The van der Waals surface area contributed by atoms with E-state index in [-0.39, 0.29) is 5.91 Å². The van der Waals surface area contributed by atoms with Gasteiger partial charge in [0.2, 0.25) is 0 Å². The number of hydrogen-bond donors (Lipinski definition) is 1. The molecule has 4 rings (SSSR count). The molecule has 0 aliphatic carbocycles. The summed E-state index contributed by atoms with van der Waals surface area (Å²) in [6.45, 7) is 6.56. The molecule has 0 atom stereocenters. The molecule has 5 nitrogen and oxygen atoms in total. The molecule has 4 aromatic rings. The van der Waals surface area contributed by atoms with E-state index >= 15 is 0 Å². The monoisotopic (exact) mass is 416 g/mol. The summed E-state index contributed by atoms with van der Waals surface area (Å²) < 4.78 is 2.00. The van der Waals surface area contributed by atoms with Gasteiger partial charge in [0.05, 0.1) is 11.3 Å². The number of carbonyl (C=O) groups is 1. The van der Waals surface area contributed by atoms with E-state index < -0.39 is 0 Å². The first kappa shape index (κ1) is 20.0. The summed E-state index contributed by atoms with van der Waals surface area (Å²) in [4.78, 5) is 21.9. The first-order valence-electron chi connectivity index (χ1n) is 9.93. The van der Waals surface area contributed by atoms with Gasteiger partial charge in [-0.3, -0.25) is 4.79 Å². The van der Waals surface area contributed by atoms with E-state index in [1.54, 1.807) is 17.5 Å². The molecular formula is C24H24N4OS. The minimum atomic E-state index is -0.0701. The Balaban J connectivity index is 1.40. The van der Waals surface area contributed by atoms with Crippen molar-refractivity contribution in [2.75, 3.05) is 6.54 Å². The molecule has 0 spiro atoms. The van der Waals surface area contributed by atoms with Crippen LogP contribution in [-0.2, 0) is 6.42 Å². The van der Waals surface area contributed by atoms with E-state index in [0.717, 1.165) is 33.5 Å². The molecule has 0 radical (unpaired) electrons. The lowest BCUT2D eigenvalue weighted by Crippen LogP contribution is -2.26. The summed E-state index contributed by atoms with van der Waals surface area (Å²) in [6.07, 6.45) is 2.46. The van der Waals surface area contributed by atoms with Crippen molar-refractivity contribution < 1.29 is 4.79 Å². The first-order chi connectivity index (χ1) is 14.5. The van der Waals surface area contributed by atoms with E-state index in [0.29, 0.717) is 18.5 Å². The van der Waals surface area contributed by atoms with Gasteiger partial charge in [-0.1, -0.05) is 35.9 Å². The maximum atomic E-state index is 12.7. The summed E-state index contributed by atoms with van der Waals surface area (Å²) in [5.74, 6) is 0.747. The number of carbonyl (C=O) groups excluding carboxylic acids is 1. The average molecular weight is 417 g/mol.